The molecule has 1 aliphatic rings. The number of fused-ring (bicyclic) bond motifs is 2. The number of pyridine rings is 1. The summed E-state index contributed by atoms with van der Waals surface area (Å²) in [5.41, 5.74) is 2.45. The minimum absolute atomic E-state index is 0.725. The first kappa shape index (κ1) is 13.3. The van der Waals surface area contributed by atoms with Crippen molar-refractivity contribution in [3.63, 3.8) is 0 Å². The van der Waals surface area contributed by atoms with Crippen LogP contribution >= 0.6 is 23.1 Å². The van der Waals surface area contributed by atoms with Gasteiger partial charge in [0.05, 0.1) is 10.9 Å². The van der Waals surface area contributed by atoms with Gasteiger partial charge in [-0.15, -0.1) is 16.4 Å². The maximum Gasteiger partial charge on any atom is 0.182 e. The fraction of sp³-hybridized carbons (Fsp3) is 0.286. The highest BCUT2D eigenvalue weighted by Gasteiger charge is 2.24. The third kappa shape index (κ3) is 2.45. The minimum atomic E-state index is 0.725. The lowest BCUT2D eigenvalue weighted by Crippen LogP contribution is -2.02. The monoisotopic (exact) mass is 341 g/mol. The molecule has 0 amide bonds. The molecule has 0 saturated heterocycles. The normalized spacial score (nSPS) is 14.8. The molecule has 7 nitrogen and oxygen atoms in total. The Bertz CT molecular complexity index is 972. The quantitative estimate of drug-likeness (QED) is 0.528. The highest BCUT2D eigenvalue weighted by atomic mass is 32.2. The zero-order valence-electron chi connectivity index (χ0n) is 12.0. The first-order valence-corrected chi connectivity index (χ1v) is 8.93. The van der Waals surface area contributed by atoms with E-state index in [1.54, 1.807) is 30.1 Å². The Labute approximate surface area is 139 Å². The minimum Gasteiger partial charge on any atom is -0.262 e. The molecule has 4 aromatic rings. The standard InChI is InChI=1S/C14H11N7S2/c1-2-8(1)6-21-12-11(19-20-21)13(17-7-16-12)23-14-18-9-5-15-4-3-10(9)22-14/h3-5,7-8H,1-2,6H2. The summed E-state index contributed by atoms with van der Waals surface area (Å²) in [5.74, 6) is 0.725. The third-order valence-electron chi connectivity index (χ3n) is 3.75. The molecular formula is C14H11N7S2. The van der Waals surface area contributed by atoms with Crippen LogP contribution in [0.2, 0.25) is 0 Å². The topological polar surface area (TPSA) is 82.3 Å². The van der Waals surface area contributed by atoms with Gasteiger partial charge in [0.2, 0.25) is 0 Å². The summed E-state index contributed by atoms with van der Waals surface area (Å²) in [7, 11) is 0. The van der Waals surface area contributed by atoms with Crippen molar-refractivity contribution in [2.45, 2.75) is 28.8 Å². The Balaban J connectivity index is 1.53. The molecule has 0 unspecified atom stereocenters. The van der Waals surface area contributed by atoms with E-state index in [0.717, 1.165) is 43.2 Å². The Morgan fingerprint density at radius 3 is 3.13 bits per heavy atom. The zero-order valence-corrected chi connectivity index (χ0v) is 13.6. The zero-order chi connectivity index (χ0) is 15.2. The predicted molar refractivity (Wildman–Crippen MR) is 87.4 cm³/mol. The van der Waals surface area contributed by atoms with Gasteiger partial charge < -0.3 is 0 Å². The number of thiazole rings is 1. The Morgan fingerprint density at radius 2 is 2.26 bits per heavy atom. The van der Waals surface area contributed by atoms with E-state index in [9.17, 15) is 0 Å². The van der Waals surface area contributed by atoms with E-state index >= 15 is 0 Å². The van der Waals surface area contributed by atoms with E-state index in [-0.39, 0.29) is 0 Å². The van der Waals surface area contributed by atoms with Crippen molar-refractivity contribution in [1.82, 2.24) is 34.9 Å². The molecule has 0 aliphatic heterocycles. The van der Waals surface area contributed by atoms with Gasteiger partial charge in [-0.05, 0) is 36.6 Å². The highest BCUT2D eigenvalue weighted by Crippen LogP contribution is 2.36. The van der Waals surface area contributed by atoms with Crippen molar-refractivity contribution in [3.8, 4) is 0 Å². The van der Waals surface area contributed by atoms with Crippen molar-refractivity contribution >= 4 is 44.5 Å². The molecule has 0 atom stereocenters. The van der Waals surface area contributed by atoms with Crippen LogP contribution in [0.1, 0.15) is 12.8 Å². The highest BCUT2D eigenvalue weighted by molar-refractivity contribution is 8.01. The average Bonchev–Trinajstić information content (AvgIpc) is 3.14. The molecular weight excluding hydrogens is 330 g/mol. The molecule has 0 spiro atoms. The van der Waals surface area contributed by atoms with E-state index in [4.69, 9.17) is 0 Å². The summed E-state index contributed by atoms with van der Waals surface area (Å²) in [4.78, 5) is 17.4. The van der Waals surface area contributed by atoms with Crippen LogP contribution in [0.25, 0.3) is 21.4 Å². The Hall–Kier alpha value is -2.13. The number of aromatic nitrogens is 7. The van der Waals surface area contributed by atoms with Crippen molar-refractivity contribution in [2.75, 3.05) is 0 Å². The second kappa shape index (κ2) is 5.20. The maximum atomic E-state index is 4.58. The number of rotatable bonds is 4. The molecule has 0 aromatic carbocycles. The summed E-state index contributed by atoms with van der Waals surface area (Å²) >= 11 is 3.13. The molecule has 1 fully saturated rings. The lowest BCUT2D eigenvalue weighted by molar-refractivity contribution is 0.555. The largest absolute Gasteiger partial charge is 0.262 e. The van der Waals surface area contributed by atoms with Crippen LogP contribution in [0.15, 0.2) is 34.2 Å². The summed E-state index contributed by atoms with van der Waals surface area (Å²) in [6.45, 7) is 0.893. The van der Waals surface area contributed by atoms with Crippen LogP contribution in [-0.2, 0) is 6.54 Å². The molecule has 4 heterocycles. The van der Waals surface area contributed by atoms with Crippen molar-refractivity contribution in [3.05, 3.63) is 24.8 Å². The van der Waals surface area contributed by atoms with Crippen molar-refractivity contribution in [2.24, 2.45) is 5.92 Å². The fourth-order valence-corrected chi connectivity index (χ4v) is 4.37. The van der Waals surface area contributed by atoms with E-state index in [1.807, 2.05) is 10.7 Å². The average molecular weight is 341 g/mol. The van der Waals surface area contributed by atoms with Gasteiger partial charge in [-0.25, -0.2) is 19.6 Å². The Morgan fingerprint density at radius 1 is 1.30 bits per heavy atom. The molecule has 0 bridgehead atoms. The third-order valence-corrected chi connectivity index (χ3v) is 5.84. The summed E-state index contributed by atoms with van der Waals surface area (Å²) in [6.07, 6.45) is 7.67. The molecule has 5 rings (SSSR count). The number of hydrogen-bond donors (Lipinski definition) is 0. The Kier molecular flexibility index (Phi) is 3.01. The number of nitrogens with zero attached hydrogens (tertiary/aromatic N) is 7. The van der Waals surface area contributed by atoms with Crippen molar-refractivity contribution < 1.29 is 0 Å². The van der Waals surface area contributed by atoms with Crippen LogP contribution in [-0.4, -0.2) is 34.9 Å². The SMILES string of the molecule is c1cc2sc(Sc3ncnc4c3nnn4CC3CC3)nc2cn1. The lowest BCUT2D eigenvalue weighted by atomic mass is 10.4. The van der Waals surface area contributed by atoms with Crippen LogP contribution in [0.5, 0.6) is 0 Å². The molecule has 1 saturated carbocycles. The molecule has 4 aromatic heterocycles. The number of hydrogen-bond acceptors (Lipinski definition) is 8. The molecule has 0 N–H and O–H groups in total. The fourth-order valence-electron chi connectivity index (χ4n) is 2.40. The van der Waals surface area contributed by atoms with Crippen LogP contribution in [0.4, 0.5) is 0 Å². The van der Waals surface area contributed by atoms with Gasteiger partial charge in [-0.2, -0.15) is 0 Å². The van der Waals surface area contributed by atoms with Gasteiger partial charge in [-0.1, -0.05) is 5.21 Å². The van der Waals surface area contributed by atoms with Gasteiger partial charge in [0, 0.05) is 12.7 Å². The first-order valence-electron chi connectivity index (χ1n) is 7.29. The van der Waals surface area contributed by atoms with Gasteiger partial charge in [0.1, 0.15) is 16.9 Å². The lowest BCUT2D eigenvalue weighted by Gasteiger charge is -2.00. The van der Waals surface area contributed by atoms with Gasteiger partial charge in [0.15, 0.2) is 15.5 Å². The van der Waals surface area contributed by atoms with Gasteiger partial charge >= 0.3 is 0 Å². The first-order chi connectivity index (χ1) is 11.4. The molecule has 0 radical (unpaired) electrons. The van der Waals surface area contributed by atoms with Gasteiger partial charge in [0.25, 0.3) is 0 Å². The van der Waals surface area contributed by atoms with E-state index < -0.39 is 0 Å². The smallest absolute Gasteiger partial charge is 0.182 e. The van der Waals surface area contributed by atoms with E-state index in [1.165, 1.54) is 24.6 Å². The van der Waals surface area contributed by atoms with Gasteiger partial charge in [-0.3, -0.25) is 4.98 Å². The van der Waals surface area contributed by atoms with Crippen LogP contribution in [0.3, 0.4) is 0 Å². The molecule has 9 heteroatoms. The second-order valence-electron chi connectivity index (χ2n) is 5.49. The van der Waals surface area contributed by atoms with E-state index in [2.05, 4.69) is 30.2 Å². The summed E-state index contributed by atoms with van der Waals surface area (Å²) < 4.78 is 3.93. The van der Waals surface area contributed by atoms with Crippen LogP contribution < -0.4 is 0 Å². The second-order valence-corrected chi connectivity index (χ2v) is 7.76. The van der Waals surface area contributed by atoms with E-state index in [0.29, 0.717) is 0 Å². The molecule has 1 aliphatic carbocycles. The summed E-state index contributed by atoms with van der Waals surface area (Å²) in [5, 5.41) is 9.32. The molecule has 23 heavy (non-hydrogen) atoms. The maximum absolute atomic E-state index is 4.58. The molecule has 114 valence electrons. The summed E-state index contributed by atoms with van der Waals surface area (Å²) in [6, 6.07) is 1.97. The predicted octanol–water partition coefficient (Wildman–Crippen LogP) is 2.79. The van der Waals surface area contributed by atoms with Crippen molar-refractivity contribution in [1.29, 1.82) is 0 Å². The van der Waals surface area contributed by atoms with Crippen LogP contribution in [0, 0.1) is 5.92 Å².